The van der Waals surface area contributed by atoms with E-state index in [4.69, 9.17) is 0 Å². The van der Waals surface area contributed by atoms with Gasteiger partial charge in [-0.05, 0) is 18.9 Å². The predicted octanol–water partition coefficient (Wildman–Crippen LogP) is 0.347. The van der Waals surface area contributed by atoms with Gasteiger partial charge in [-0.1, -0.05) is 19.3 Å². The zero-order chi connectivity index (χ0) is 13.9. The number of aromatic amines is 1. The maximum absolute atomic E-state index is 12.1. The number of nitrogens with one attached hydrogen (secondary N) is 2. The monoisotopic (exact) mass is 286 g/mol. The van der Waals surface area contributed by atoms with Gasteiger partial charge < -0.3 is 10.1 Å². The van der Waals surface area contributed by atoms with Crippen LogP contribution in [0.2, 0.25) is 0 Å². The Kier molecular flexibility index (Phi) is 4.38. The van der Waals surface area contributed by atoms with Gasteiger partial charge in [0.05, 0.1) is 11.0 Å². The van der Waals surface area contributed by atoms with E-state index in [1.165, 1.54) is 6.07 Å². The summed E-state index contributed by atoms with van der Waals surface area (Å²) in [6.45, 7) is 0. The molecule has 2 rings (SSSR count). The second-order valence-corrected chi connectivity index (χ2v) is 6.54. The van der Waals surface area contributed by atoms with Crippen molar-refractivity contribution < 1.29 is 13.5 Å². The van der Waals surface area contributed by atoms with Gasteiger partial charge in [-0.25, -0.2) is 13.1 Å². The number of aliphatic hydroxyl groups excluding tert-OH is 1. The van der Waals surface area contributed by atoms with Crippen LogP contribution in [0.1, 0.15) is 32.1 Å². The van der Waals surface area contributed by atoms with Crippen molar-refractivity contribution in [3.63, 3.8) is 0 Å². The van der Waals surface area contributed by atoms with Gasteiger partial charge in [-0.3, -0.25) is 4.79 Å². The highest BCUT2D eigenvalue weighted by Gasteiger charge is 2.27. The Balaban J connectivity index is 2.16. The van der Waals surface area contributed by atoms with Crippen molar-refractivity contribution in [3.8, 4) is 0 Å². The van der Waals surface area contributed by atoms with Gasteiger partial charge in [0.25, 0.3) is 0 Å². The second kappa shape index (κ2) is 5.85. The van der Waals surface area contributed by atoms with Crippen LogP contribution >= 0.6 is 0 Å². The fourth-order valence-electron chi connectivity index (χ4n) is 2.26. The molecule has 2 atom stereocenters. The molecule has 0 spiro atoms. The summed E-state index contributed by atoms with van der Waals surface area (Å²) in [5.41, 5.74) is -0.353. The molecule has 0 radical (unpaired) electrons. The fourth-order valence-corrected chi connectivity index (χ4v) is 3.53. The van der Waals surface area contributed by atoms with Crippen molar-refractivity contribution in [2.24, 2.45) is 0 Å². The van der Waals surface area contributed by atoms with E-state index < -0.39 is 22.2 Å². The van der Waals surface area contributed by atoms with Crippen molar-refractivity contribution in [3.05, 3.63) is 28.7 Å². The number of H-pyrrole nitrogens is 1. The Morgan fingerprint density at radius 1 is 1.21 bits per heavy atom. The SMILES string of the molecule is O=c1ccc(S(=O)(=O)NC2CCCCCC2O)c[nH]1. The Morgan fingerprint density at radius 3 is 2.63 bits per heavy atom. The van der Waals surface area contributed by atoms with Crippen LogP contribution in [-0.4, -0.2) is 30.7 Å². The molecule has 0 aliphatic heterocycles. The van der Waals surface area contributed by atoms with Gasteiger partial charge in [0.15, 0.2) is 0 Å². The summed E-state index contributed by atoms with van der Waals surface area (Å²) in [5.74, 6) is 0. The molecule has 0 aromatic carbocycles. The molecule has 6 nitrogen and oxygen atoms in total. The van der Waals surface area contributed by atoms with E-state index in [9.17, 15) is 18.3 Å². The van der Waals surface area contributed by atoms with Crippen molar-refractivity contribution in [1.82, 2.24) is 9.71 Å². The highest BCUT2D eigenvalue weighted by Crippen LogP contribution is 2.19. The molecule has 0 bridgehead atoms. The first-order valence-electron chi connectivity index (χ1n) is 6.38. The molecule has 2 unspecified atom stereocenters. The van der Waals surface area contributed by atoms with Crippen LogP contribution in [0.15, 0.2) is 28.0 Å². The van der Waals surface area contributed by atoms with E-state index in [1.807, 2.05) is 0 Å². The highest BCUT2D eigenvalue weighted by atomic mass is 32.2. The number of sulfonamides is 1. The average Bonchev–Trinajstić information content (AvgIpc) is 2.55. The molecule has 106 valence electrons. The summed E-state index contributed by atoms with van der Waals surface area (Å²) in [6, 6.07) is 1.96. The molecule has 1 saturated carbocycles. The van der Waals surface area contributed by atoms with E-state index in [2.05, 4.69) is 9.71 Å². The van der Waals surface area contributed by atoms with E-state index >= 15 is 0 Å². The van der Waals surface area contributed by atoms with Crippen molar-refractivity contribution in [2.75, 3.05) is 0 Å². The smallest absolute Gasteiger partial charge is 0.247 e. The van der Waals surface area contributed by atoms with Crippen LogP contribution in [0.25, 0.3) is 0 Å². The van der Waals surface area contributed by atoms with Crippen molar-refractivity contribution in [2.45, 2.75) is 49.1 Å². The molecule has 1 aromatic heterocycles. The second-order valence-electron chi connectivity index (χ2n) is 4.82. The lowest BCUT2D eigenvalue weighted by molar-refractivity contribution is 0.130. The first-order chi connectivity index (χ1) is 8.99. The molecule has 1 fully saturated rings. The molecule has 7 heteroatoms. The Hall–Kier alpha value is -1.18. The van der Waals surface area contributed by atoms with Gasteiger partial charge in [0.1, 0.15) is 0 Å². The van der Waals surface area contributed by atoms with Crippen LogP contribution in [-0.2, 0) is 10.0 Å². The maximum atomic E-state index is 12.1. The first-order valence-corrected chi connectivity index (χ1v) is 7.86. The average molecular weight is 286 g/mol. The maximum Gasteiger partial charge on any atom is 0.247 e. The minimum Gasteiger partial charge on any atom is -0.391 e. The Morgan fingerprint density at radius 2 is 1.95 bits per heavy atom. The number of hydrogen-bond donors (Lipinski definition) is 3. The predicted molar refractivity (Wildman–Crippen MR) is 70.3 cm³/mol. The fraction of sp³-hybridized carbons (Fsp3) is 0.583. The summed E-state index contributed by atoms with van der Waals surface area (Å²) in [7, 11) is -3.71. The van der Waals surface area contributed by atoms with E-state index in [1.54, 1.807) is 0 Å². The molecule has 1 heterocycles. The van der Waals surface area contributed by atoms with E-state index in [0.717, 1.165) is 31.5 Å². The molecule has 1 aliphatic carbocycles. The summed E-state index contributed by atoms with van der Waals surface area (Å²) >= 11 is 0. The third-order valence-corrected chi connectivity index (χ3v) is 4.84. The summed E-state index contributed by atoms with van der Waals surface area (Å²) < 4.78 is 26.8. The topological polar surface area (TPSA) is 99.3 Å². The lowest BCUT2D eigenvalue weighted by atomic mass is 10.1. The van der Waals surface area contributed by atoms with Gasteiger partial charge in [-0.2, -0.15) is 0 Å². The van der Waals surface area contributed by atoms with Gasteiger partial charge >= 0.3 is 0 Å². The van der Waals surface area contributed by atoms with Crippen molar-refractivity contribution in [1.29, 1.82) is 0 Å². The van der Waals surface area contributed by atoms with Crippen LogP contribution < -0.4 is 10.3 Å². The summed E-state index contributed by atoms with van der Waals surface area (Å²) in [4.78, 5) is 13.3. The first kappa shape index (κ1) is 14.2. The molecule has 0 amide bonds. The number of pyridine rings is 1. The summed E-state index contributed by atoms with van der Waals surface area (Å²) in [5, 5.41) is 9.92. The normalized spacial score (nSPS) is 24.9. The lowest BCUT2D eigenvalue weighted by Gasteiger charge is -2.21. The lowest BCUT2D eigenvalue weighted by Crippen LogP contribution is -2.42. The van der Waals surface area contributed by atoms with Crippen LogP contribution in [0.3, 0.4) is 0 Å². The molecule has 19 heavy (non-hydrogen) atoms. The Bertz CT molecular complexity index is 561. The molecule has 1 aromatic rings. The quantitative estimate of drug-likeness (QED) is 0.698. The third kappa shape index (κ3) is 3.65. The minimum atomic E-state index is -3.71. The van der Waals surface area contributed by atoms with Crippen molar-refractivity contribution >= 4 is 10.0 Å². The molecule has 3 N–H and O–H groups in total. The standard InChI is InChI=1S/C12H18N2O4S/c15-11-5-3-1-2-4-10(11)14-19(17,18)9-6-7-12(16)13-8-9/h6-8,10-11,14-15H,1-5H2,(H,13,16). The zero-order valence-corrected chi connectivity index (χ0v) is 11.3. The molecule has 0 saturated heterocycles. The summed E-state index contributed by atoms with van der Waals surface area (Å²) in [6.07, 6.45) is 4.57. The van der Waals surface area contributed by atoms with E-state index in [0.29, 0.717) is 12.8 Å². The number of rotatable bonds is 3. The third-order valence-electron chi connectivity index (χ3n) is 3.35. The molecule has 1 aliphatic rings. The van der Waals surface area contributed by atoms with Crippen LogP contribution in [0.5, 0.6) is 0 Å². The minimum absolute atomic E-state index is 0.00328. The van der Waals surface area contributed by atoms with Crippen LogP contribution in [0, 0.1) is 0 Å². The van der Waals surface area contributed by atoms with Crippen LogP contribution in [0.4, 0.5) is 0 Å². The number of aliphatic hydroxyl groups is 1. The molecular weight excluding hydrogens is 268 g/mol. The van der Waals surface area contributed by atoms with E-state index in [-0.39, 0.29) is 10.5 Å². The highest BCUT2D eigenvalue weighted by molar-refractivity contribution is 7.89. The number of hydrogen-bond acceptors (Lipinski definition) is 4. The molecular formula is C12H18N2O4S. The van der Waals surface area contributed by atoms with Gasteiger partial charge in [-0.15, -0.1) is 0 Å². The van der Waals surface area contributed by atoms with Gasteiger partial charge in [0.2, 0.25) is 15.6 Å². The number of aromatic nitrogens is 1. The Labute approximate surface area is 111 Å². The van der Waals surface area contributed by atoms with Gasteiger partial charge in [0, 0.05) is 18.3 Å². The zero-order valence-electron chi connectivity index (χ0n) is 10.5. The largest absolute Gasteiger partial charge is 0.391 e.